The maximum absolute atomic E-state index is 12.8. The Kier molecular flexibility index (Phi) is 6.23. The van der Waals surface area contributed by atoms with Gasteiger partial charge in [-0.25, -0.2) is 12.7 Å². The van der Waals surface area contributed by atoms with Crippen LogP contribution in [0.1, 0.15) is 11.3 Å². The molecule has 2 heterocycles. The minimum atomic E-state index is -3.31. The Morgan fingerprint density at radius 2 is 1.81 bits per heavy atom. The summed E-state index contributed by atoms with van der Waals surface area (Å²) in [5.74, 6) is 0.0411. The molecule has 27 heavy (non-hydrogen) atoms. The fourth-order valence-electron chi connectivity index (χ4n) is 3.43. The summed E-state index contributed by atoms with van der Waals surface area (Å²) in [5.41, 5.74) is 1.88. The zero-order valence-corrected chi connectivity index (χ0v) is 16.3. The summed E-state index contributed by atoms with van der Waals surface area (Å²) in [6.07, 6.45) is 3.93. The number of carbonyl (C=O) groups excluding carboxylic acids is 1. The molecule has 1 aromatic carbocycles. The van der Waals surface area contributed by atoms with Gasteiger partial charge >= 0.3 is 0 Å². The summed E-state index contributed by atoms with van der Waals surface area (Å²) in [6.45, 7) is 1.69. The predicted molar refractivity (Wildman–Crippen MR) is 105 cm³/mol. The number of rotatable bonds is 5. The summed E-state index contributed by atoms with van der Waals surface area (Å²) in [4.78, 5) is 19.0. The molecule has 0 unspecified atom stereocenters. The molecule has 0 saturated carbocycles. The highest BCUT2D eigenvalue weighted by molar-refractivity contribution is 7.88. The molecule has 0 radical (unpaired) electrons. The predicted octanol–water partition coefficient (Wildman–Crippen LogP) is 1.59. The van der Waals surface area contributed by atoms with E-state index in [-0.39, 0.29) is 11.8 Å². The van der Waals surface area contributed by atoms with E-state index in [4.69, 9.17) is 0 Å². The Labute approximate surface area is 160 Å². The van der Waals surface area contributed by atoms with Crippen molar-refractivity contribution in [1.82, 2.24) is 14.2 Å². The van der Waals surface area contributed by atoms with Crippen molar-refractivity contribution in [1.29, 1.82) is 0 Å². The third-order valence-corrected chi connectivity index (χ3v) is 6.07. The SMILES string of the molecule is CS(=O)(=O)N1CCN(C(=O)Cc2ccccc2)C[C@@H](Cc2ccccn2)C1. The quantitative estimate of drug-likeness (QED) is 0.781. The van der Waals surface area contributed by atoms with Crippen molar-refractivity contribution in [2.45, 2.75) is 12.8 Å². The number of hydrogen-bond donors (Lipinski definition) is 0. The summed E-state index contributed by atoms with van der Waals surface area (Å²) in [7, 11) is -3.31. The summed E-state index contributed by atoms with van der Waals surface area (Å²) in [5, 5.41) is 0. The van der Waals surface area contributed by atoms with E-state index in [1.807, 2.05) is 48.5 Å². The molecule has 1 saturated heterocycles. The average molecular weight is 388 g/mol. The molecule has 0 N–H and O–H groups in total. The Morgan fingerprint density at radius 1 is 1.07 bits per heavy atom. The monoisotopic (exact) mass is 387 g/mol. The van der Waals surface area contributed by atoms with Gasteiger partial charge in [-0.3, -0.25) is 9.78 Å². The first-order valence-corrected chi connectivity index (χ1v) is 10.9. The van der Waals surface area contributed by atoms with Crippen LogP contribution in [-0.2, 0) is 27.7 Å². The number of hydrogen-bond acceptors (Lipinski definition) is 4. The van der Waals surface area contributed by atoms with Gasteiger partial charge < -0.3 is 4.90 Å². The summed E-state index contributed by atoms with van der Waals surface area (Å²) in [6, 6.07) is 15.3. The van der Waals surface area contributed by atoms with Crippen molar-refractivity contribution in [3.63, 3.8) is 0 Å². The molecule has 0 spiro atoms. The van der Waals surface area contributed by atoms with Crippen LogP contribution in [0, 0.1) is 5.92 Å². The molecule has 7 heteroatoms. The van der Waals surface area contributed by atoms with Crippen LogP contribution in [0.4, 0.5) is 0 Å². The highest BCUT2D eigenvalue weighted by Gasteiger charge is 2.29. The van der Waals surface area contributed by atoms with Crippen molar-refractivity contribution >= 4 is 15.9 Å². The molecular weight excluding hydrogens is 362 g/mol. The van der Waals surface area contributed by atoms with Crippen molar-refractivity contribution in [3.05, 3.63) is 66.0 Å². The maximum Gasteiger partial charge on any atom is 0.227 e. The second-order valence-corrected chi connectivity index (χ2v) is 9.00. The molecule has 1 aliphatic heterocycles. The van der Waals surface area contributed by atoms with Gasteiger partial charge in [0.15, 0.2) is 0 Å². The zero-order valence-electron chi connectivity index (χ0n) is 15.5. The number of amides is 1. The van der Waals surface area contributed by atoms with Crippen LogP contribution >= 0.6 is 0 Å². The summed E-state index contributed by atoms with van der Waals surface area (Å²) < 4.78 is 25.7. The lowest BCUT2D eigenvalue weighted by molar-refractivity contribution is -0.130. The Bertz CT molecular complexity index is 857. The van der Waals surface area contributed by atoms with E-state index >= 15 is 0 Å². The number of pyridine rings is 1. The first-order valence-electron chi connectivity index (χ1n) is 9.08. The molecule has 3 rings (SSSR count). The second kappa shape index (κ2) is 8.63. The van der Waals surface area contributed by atoms with Crippen molar-refractivity contribution < 1.29 is 13.2 Å². The average Bonchev–Trinajstić information content (AvgIpc) is 2.86. The van der Waals surface area contributed by atoms with Crippen LogP contribution in [-0.4, -0.2) is 60.9 Å². The van der Waals surface area contributed by atoms with Crippen LogP contribution in [0.5, 0.6) is 0 Å². The minimum Gasteiger partial charge on any atom is -0.341 e. The molecule has 2 aromatic rings. The first kappa shape index (κ1) is 19.5. The van der Waals surface area contributed by atoms with Gasteiger partial charge in [-0.05, 0) is 30.0 Å². The van der Waals surface area contributed by atoms with Gasteiger partial charge in [0.05, 0.1) is 12.7 Å². The van der Waals surface area contributed by atoms with Gasteiger partial charge in [-0.2, -0.15) is 0 Å². The lowest BCUT2D eigenvalue weighted by atomic mass is 10.0. The lowest BCUT2D eigenvalue weighted by Gasteiger charge is -2.24. The van der Waals surface area contributed by atoms with Gasteiger partial charge in [0.1, 0.15) is 0 Å². The van der Waals surface area contributed by atoms with Crippen LogP contribution < -0.4 is 0 Å². The van der Waals surface area contributed by atoms with Gasteiger partial charge in [-0.1, -0.05) is 36.4 Å². The molecule has 1 fully saturated rings. The largest absolute Gasteiger partial charge is 0.341 e. The van der Waals surface area contributed by atoms with Crippen molar-refractivity contribution in [2.24, 2.45) is 5.92 Å². The standard InChI is InChI=1S/C20H25N3O3S/c1-27(25,26)23-12-11-22(20(24)14-17-7-3-2-4-8-17)15-18(16-23)13-19-9-5-6-10-21-19/h2-10,18H,11-16H2,1H3/t18-/m1/s1. The molecular formula is C20H25N3O3S. The summed E-state index contributed by atoms with van der Waals surface area (Å²) >= 11 is 0. The molecule has 6 nitrogen and oxygen atoms in total. The van der Waals surface area contributed by atoms with E-state index in [1.165, 1.54) is 10.6 Å². The normalized spacial score (nSPS) is 18.9. The van der Waals surface area contributed by atoms with Gasteiger partial charge in [0.25, 0.3) is 0 Å². The van der Waals surface area contributed by atoms with Crippen LogP contribution in [0.15, 0.2) is 54.7 Å². The van der Waals surface area contributed by atoms with E-state index in [9.17, 15) is 13.2 Å². The first-order chi connectivity index (χ1) is 12.9. The maximum atomic E-state index is 12.8. The molecule has 1 atom stereocenters. The minimum absolute atomic E-state index is 0.0110. The third kappa shape index (κ3) is 5.61. The van der Waals surface area contributed by atoms with Gasteiger partial charge in [0.2, 0.25) is 15.9 Å². The van der Waals surface area contributed by atoms with Crippen molar-refractivity contribution in [2.75, 3.05) is 32.4 Å². The molecule has 1 aromatic heterocycles. The van der Waals surface area contributed by atoms with Crippen LogP contribution in [0.2, 0.25) is 0 Å². The smallest absolute Gasteiger partial charge is 0.227 e. The fraction of sp³-hybridized carbons (Fsp3) is 0.400. The molecule has 1 amide bonds. The van der Waals surface area contributed by atoms with E-state index in [2.05, 4.69) is 4.98 Å². The third-order valence-electron chi connectivity index (χ3n) is 4.80. The topological polar surface area (TPSA) is 70.6 Å². The number of sulfonamides is 1. The van der Waals surface area contributed by atoms with E-state index in [0.29, 0.717) is 39.0 Å². The number of aromatic nitrogens is 1. The lowest BCUT2D eigenvalue weighted by Crippen LogP contribution is -2.37. The van der Waals surface area contributed by atoms with E-state index in [0.717, 1.165) is 11.3 Å². The molecule has 0 aliphatic carbocycles. The molecule has 0 bridgehead atoms. The van der Waals surface area contributed by atoms with E-state index < -0.39 is 10.0 Å². The van der Waals surface area contributed by atoms with Gasteiger partial charge in [0, 0.05) is 38.1 Å². The van der Waals surface area contributed by atoms with Gasteiger partial charge in [-0.15, -0.1) is 0 Å². The Balaban J connectivity index is 1.75. The second-order valence-electron chi connectivity index (χ2n) is 7.01. The highest BCUT2D eigenvalue weighted by Crippen LogP contribution is 2.17. The van der Waals surface area contributed by atoms with Crippen LogP contribution in [0.3, 0.4) is 0 Å². The van der Waals surface area contributed by atoms with Crippen LogP contribution in [0.25, 0.3) is 0 Å². The Hall–Kier alpha value is -2.25. The van der Waals surface area contributed by atoms with Crippen molar-refractivity contribution in [3.8, 4) is 0 Å². The number of nitrogens with zero attached hydrogens (tertiary/aromatic N) is 3. The number of carbonyl (C=O) groups is 1. The zero-order chi connectivity index (χ0) is 19.3. The fourth-order valence-corrected chi connectivity index (χ4v) is 4.32. The Morgan fingerprint density at radius 3 is 2.48 bits per heavy atom. The number of benzene rings is 1. The molecule has 144 valence electrons. The highest BCUT2D eigenvalue weighted by atomic mass is 32.2. The molecule has 1 aliphatic rings. The van der Waals surface area contributed by atoms with E-state index in [1.54, 1.807) is 11.1 Å².